The van der Waals surface area contributed by atoms with Gasteiger partial charge in [-0.1, -0.05) is 29.8 Å². The Balaban J connectivity index is 2.01. The van der Waals surface area contributed by atoms with Crippen LogP contribution in [0.2, 0.25) is 5.02 Å². The Morgan fingerprint density at radius 1 is 0.917 bits per heavy atom. The van der Waals surface area contributed by atoms with E-state index in [2.05, 4.69) is 0 Å². The molecule has 1 aromatic heterocycles. The van der Waals surface area contributed by atoms with E-state index in [4.69, 9.17) is 11.6 Å². The van der Waals surface area contributed by atoms with Crippen LogP contribution in [0.3, 0.4) is 0 Å². The molecule has 3 aromatic rings. The summed E-state index contributed by atoms with van der Waals surface area (Å²) in [4.78, 5) is 24.8. The lowest BCUT2D eigenvalue weighted by Gasteiger charge is -2.10. The lowest BCUT2D eigenvalue weighted by molar-refractivity contribution is 0.718. The Morgan fingerprint density at radius 3 is 2.42 bits per heavy atom. The van der Waals surface area contributed by atoms with E-state index < -0.39 is 11.1 Å². The van der Waals surface area contributed by atoms with Gasteiger partial charge in [0.1, 0.15) is 0 Å². The van der Waals surface area contributed by atoms with Crippen LogP contribution in [0.1, 0.15) is 16.7 Å². The predicted molar refractivity (Wildman–Crippen MR) is 96.3 cm³/mol. The van der Waals surface area contributed by atoms with Gasteiger partial charge in [-0.25, -0.2) is 0 Å². The Bertz CT molecular complexity index is 1020. The van der Waals surface area contributed by atoms with Crippen molar-refractivity contribution in [3.8, 4) is 5.69 Å². The number of nitrogens with zero attached hydrogens (tertiary/aromatic N) is 2. The van der Waals surface area contributed by atoms with Gasteiger partial charge in [0.25, 0.3) is 0 Å². The van der Waals surface area contributed by atoms with Crippen LogP contribution in [0, 0.1) is 13.8 Å². The maximum Gasteiger partial charge on any atom is 0.320 e. The molecule has 0 fully saturated rings. The minimum absolute atomic E-state index is 0.308. The molecule has 0 aliphatic carbocycles. The highest BCUT2D eigenvalue weighted by Crippen LogP contribution is 2.13. The second-order valence-electron chi connectivity index (χ2n) is 5.80. The average Bonchev–Trinajstić information content (AvgIpc) is 2.55. The van der Waals surface area contributed by atoms with Gasteiger partial charge in [0.2, 0.25) is 0 Å². The van der Waals surface area contributed by atoms with Gasteiger partial charge in [-0.15, -0.1) is 0 Å². The van der Waals surface area contributed by atoms with E-state index >= 15 is 0 Å². The van der Waals surface area contributed by atoms with Gasteiger partial charge in [0.05, 0.1) is 6.54 Å². The van der Waals surface area contributed by atoms with E-state index in [1.54, 1.807) is 24.5 Å². The molecule has 1 heterocycles. The van der Waals surface area contributed by atoms with Crippen molar-refractivity contribution in [2.45, 2.75) is 20.4 Å². The molecule has 2 aromatic carbocycles. The van der Waals surface area contributed by atoms with E-state index in [0.29, 0.717) is 17.3 Å². The van der Waals surface area contributed by atoms with Crippen molar-refractivity contribution < 1.29 is 0 Å². The fourth-order valence-electron chi connectivity index (χ4n) is 2.54. The number of aryl methyl sites for hydroxylation is 2. The normalized spacial score (nSPS) is 10.8. The van der Waals surface area contributed by atoms with Crippen molar-refractivity contribution in [3.05, 3.63) is 97.3 Å². The standard InChI is InChI=1S/C19H17ClN2O2/c1-13-6-7-17(10-14(13)2)22-9-8-21(18(23)19(22)24)12-15-4-3-5-16(20)11-15/h3-11H,12H2,1-2H3. The molecule has 0 saturated heterocycles. The number of aromatic nitrogens is 2. The molecule has 0 aliphatic heterocycles. The Morgan fingerprint density at radius 2 is 1.71 bits per heavy atom. The van der Waals surface area contributed by atoms with Crippen molar-refractivity contribution >= 4 is 11.6 Å². The smallest absolute Gasteiger partial charge is 0.305 e. The third kappa shape index (κ3) is 3.19. The first kappa shape index (κ1) is 16.3. The van der Waals surface area contributed by atoms with E-state index in [1.807, 2.05) is 44.2 Å². The van der Waals surface area contributed by atoms with E-state index in [-0.39, 0.29) is 0 Å². The molecule has 122 valence electrons. The minimum atomic E-state index is -0.567. The summed E-state index contributed by atoms with van der Waals surface area (Å²) in [6, 6.07) is 12.9. The van der Waals surface area contributed by atoms with Crippen LogP contribution in [0.15, 0.2) is 64.4 Å². The lowest BCUT2D eigenvalue weighted by atomic mass is 10.1. The van der Waals surface area contributed by atoms with E-state index in [1.165, 1.54) is 9.13 Å². The Kier molecular flexibility index (Phi) is 4.40. The van der Waals surface area contributed by atoms with Crippen LogP contribution >= 0.6 is 11.6 Å². The SMILES string of the molecule is Cc1ccc(-n2ccn(Cc3cccc(Cl)c3)c(=O)c2=O)cc1C. The first-order valence-electron chi connectivity index (χ1n) is 7.60. The van der Waals surface area contributed by atoms with Gasteiger partial charge in [-0.05, 0) is 54.8 Å². The quantitative estimate of drug-likeness (QED) is 0.686. The molecule has 0 aliphatic rings. The van der Waals surface area contributed by atoms with Crippen molar-refractivity contribution in [1.82, 2.24) is 9.13 Å². The Labute approximate surface area is 144 Å². The summed E-state index contributed by atoms with van der Waals surface area (Å²) in [5.41, 5.74) is 2.64. The molecule has 0 bridgehead atoms. The summed E-state index contributed by atoms with van der Waals surface area (Å²) in [7, 11) is 0. The number of halogens is 1. The summed E-state index contributed by atoms with van der Waals surface area (Å²) < 4.78 is 2.77. The van der Waals surface area contributed by atoms with Crippen molar-refractivity contribution in [3.63, 3.8) is 0 Å². The van der Waals surface area contributed by atoms with Gasteiger partial charge < -0.3 is 4.57 Å². The topological polar surface area (TPSA) is 44.0 Å². The van der Waals surface area contributed by atoms with Crippen LogP contribution in [0.5, 0.6) is 0 Å². The van der Waals surface area contributed by atoms with Gasteiger partial charge >= 0.3 is 11.1 Å². The summed E-state index contributed by atoms with van der Waals surface area (Å²) in [5.74, 6) is 0. The van der Waals surface area contributed by atoms with Crippen LogP contribution in [0.4, 0.5) is 0 Å². The van der Waals surface area contributed by atoms with Gasteiger partial charge in [0, 0.05) is 23.1 Å². The van der Waals surface area contributed by atoms with E-state index in [0.717, 1.165) is 16.7 Å². The fourth-order valence-corrected chi connectivity index (χ4v) is 2.76. The van der Waals surface area contributed by atoms with Crippen LogP contribution in [0.25, 0.3) is 5.69 Å². The summed E-state index contributed by atoms with van der Waals surface area (Å²) in [5, 5.41) is 0.601. The van der Waals surface area contributed by atoms with Crippen molar-refractivity contribution in [2.24, 2.45) is 0 Å². The first-order valence-corrected chi connectivity index (χ1v) is 7.97. The second-order valence-corrected chi connectivity index (χ2v) is 6.24. The summed E-state index contributed by atoms with van der Waals surface area (Å²) >= 11 is 5.96. The highest BCUT2D eigenvalue weighted by Gasteiger charge is 2.08. The first-order chi connectivity index (χ1) is 11.5. The Hall–Kier alpha value is -2.59. The molecule has 0 saturated carbocycles. The maximum atomic E-state index is 12.4. The monoisotopic (exact) mass is 340 g/mol. The zero-order valence-electron chi connectivity index (χ0n) is 13.5. The minimum Gasteiger partial charge on any atom is -0.305 e. The van der Waals surface area contributed by atoms with Crippen LogP contribution in [-0.2, 0) is 6.54 Å². The van der Waals surface area contributed by atoms with Gasteiger partial charge in [-0.3, -0.25) is 14.2 Å². The molecular weight excluding hydrogens is 324 g/mol. The molecule has 0 spiro atoms. The van der Waals surface area contributed by atoms with Crippen molar-refractivity contribution in [1.29, 1.82) is 0 Å². The number of rotatable bonds is 3. The number of benzene rings is 2. The number of hydrogen-bond donors (Lipinski definition) is 0. The van der Waals surface area contributed by atoms with Crippen LogP contribution < -0.4 is 11.1 Å². The molecule has 0 N–H and O–H groups in total. The number of hydrogen-bond acceptors (Lipinski definition) is 2. The molecule has 3 rings (SSSR count). The average molecular weight is 341 g/mol. The van der Waals surface area contributed by atoms with Gasteiger partial charge in [-0.2, -0.15) is 0 Å². The summed E-state index contributed by atoms with van der Waals surface area (Å²) in [6.45, 7) is 4.29. The second kappa shape index (κ2) is 6.49. The van der Waals surface area contributed by atoms with Gasteiger partial charge in [0.15, 0.2) is 0 Å². The summed E-state index contributed by atoms with van der Waals surface area (Å²) in [6.07, 6.45) is 3.25. The predicted octanol–water partition coefficient (Wildman–Crippen LogP) is 3.32. The zero-order valence-corrected chi connectivity index (χ0v) is 14.2. The molecule has 4 nitrogen and oxygen atoms in total. The molecule has 0 radical (unpaired) electrons. The molecular formula is C19H17ClN2O2. The lowest BCUT2D eigenvalue weighted by Crippen LogP contribution is -2.40. The molecule has 5 heteroatoms. The molecule has 0 unspecified atom stereocenters. The third-order valence-electron chi connectivity index (χ3n) is 4.07. The highest BCUT2D eigenvalue weighted by atomic mass is 35.5. The van der Waals surface area contributed by atoms with Crippen molar-refractivity contribution in [2.75, 3.05) is 0 Å². The largest absolute Gasteiger partial charge is 0.320 e. The molecule has 0 amide bonds. The fraction of sp³-hybridized carbons (Fsp3) is 0.158. The maximum absolute atomic E-state index is 12.4. The molecule has 0 atom stereocenters. The van der Waals surface area contributed by atoms with Crippen LogP contribution in [-0.4, -0.2) is 9.13 Å². The third-order valence-corrected chi connectivity index (χ3v) is 4.30. The molecule has 24 heavy (non-hydrogen) atoms. The zero-order chi connectivity index (χ0) is 17.3. The van der Waals surface area contributed by atoms with E-state index in [9.17, 15) is 9.59 Å². The highest BCUT2D eigenvalue weighted by molar-refractivity contribution is 6.30.